The van der Waals surface area contributed by atoms with E-state index in [2.05, 4.69) is 18.8 Å². The van der Waals surface area contributed by atoms with Gasteiger partial charge in [-0.05, 0) is 5.41 Å². The maximum atomic E-state index is 11.7. The molecule has 0 aromatic carbocycles. The molecule has 4 heteroatoms. The Morgan fingerprint density at radius 1 is 1.43 bits per heavy atom. The van der Waals surface area contributed by atoms with Gasteiger partial charge >= 0.3 is 0 Å². The number of nitrogens with zero attached hydrogens (tertiary/aromatic N) is 1. The van der Waals surface area contributed by atoms with E-state index in [-0.39, 0.29) is 11.2 Å². The van der Waals surface area contributed by atoms with E-state index in [9.17, 15) is 4.79 Å². The quantitative estimate of drug-likeness (QED) is 0.659. The Morgan fingerprint density at radius 2 is 2.14 bits per heavy atom. The molecule has 0 aliphatic heterocycles. The van der Waals surface area contributed by atoms with Gasteiger partial charge < -0.3 is 4.42 Å². The monoisotopic (exact) mass is 211 g/mol. The first kappa shape index (κ1) is 9.65. The second kappa shape index (κ2) is 3.05. The van der Waals surface area contributed by atoms with Crippen molar-refractivity contribution >= 4 is 17.1 Å². The lowest BCUT2D eigenvalue weighted by atomic mass is 9.78. The third kappa shape index (κ3) is 1.54. The van der Waals surface area contributed by atoms with E-state index in [1.807, 2.05) is 0 Å². The molecule has 1 aliphatic rings. The van der Waals surface area contributed by atoms with Crippen LogP contribution in [0.3, 0.4) is 0 Å². The molecule has 0 bridgehead atoms. The first-order chi connectivity index (χ1) is 6.52. The molecule has 0 spiro atoms. The number of ketones is 1. The van der Waals surface area contributed by atoms with Gasteiger partial charge in [-0.25, -0.2) is 4.99 Å². The number of hydrogen-bond donors (Lipinski definition) is 0. The molecule has 1 aromatic heterocycles. The molecule has 14 heavy (non-hydrogen) atoms. The van der Waals surface area contributed by atoms with Gasteiger partial charge in [0.05, 0.1) is 0 Å². The van der Waals surface area contributed by atoms with Crippen molar-refractivity contribution in [1.82, 2.24) is 0 Å². The minimum atomic E-state index is 0.0274. The Kier molecular flexibility index (Phi) is 2.10. The molecule has 0 atom stereocenters. The zero-order valence-electron chi connectivity index (χ0n) is 8.59. The largest absolute Gasteiger partial charge is 0.434 e. The molecule has 0 fully saturated rings. The first-order valence-corrected chi connectivity index (χ1v) is 5.42. The van der Waals surface area contributed by atoms with E-state index >= 15 is 0 Å². The van der Waals surface area contributed by atoms with Crippen molar-refractivity contribution in [2.45, 2.75) is 26.7 Å². The summed E-state index contributed by atoms with van der Waals surface area (Å²) in [5.41, 5.74) is 0.0274. The minimum absolute atomic E-state index is 0.0274. The van der Waals surface area contributed by atoms with Crippen LogP contribution >= 0.6 is 11.3 Å². The third-order valence-corrected chi connectivity index (χ3v) is 3.47. The van der Waals surface area contributed by atoms with E-state index in [0.29, 0.717) is 11.3 Å². The van der Waals surface area contributed by atoms with Crippen LogP contribution in [0, 0.1) is 5.41 Å². The van der Waals surface area contributed by atoms with E-state index in [1.54, 1.807) is 7.05 Å². The number of Topliss-reactive ketones (excluding diaryl/α,β-unsaturated/α-hetero) is 1. The summed E-state index contributed by atoms with van der Waals surface area (Å²) in [5.74, 6) is 1.01. The van der Waals surface area contributed by atoms with Crippen molar-refractivity contribution in [3.05, 3.63) is 15.5 Å². The lowest BCUT2D eigenvalue weighted by molar-refractivity contribution is 0.0906. The second-order valence-electron chi connectivity index (χ2n) is 4.39. The molecule has 2 rings (SSSR count). The van der Waals surface area contributed by atoms with Crippen molar-refractivity contribution in [2.24, 2.45) is 10.4 Å². The third-order valence-electron chi connectivity index (χ3n) is 2.37. The fraction of sp³-hybridized carbons (Fsp3) is 0.600. The summed E-state index contributed by atoms with van der Waals surface area (Å²) in [5, 5.41) is 0. The number of rotatable bonds is 0. The SMILES string of the molecule is CN=c1oc2c(s1)C(=O)CC(C)(C)C2. The summed E-state index contributed by atoms with van der Waals surface area (Å²) >= 11 is 1.36. The summed E-state index contributed by atoms with van der Waals surface area (Å²) in [7, 11) is 1.68. The van der Waals surface area contributed by atoms with E-state index in [1.165, 1.54) is 11.3 Å². The second-order valence-corrected chi connectivity index (χ2v) is 5.35. The van der Waals surface area contributed by atoms with Crippen molar-refractivity contribution in [2.75, 3.05) is 7.05 Å². The highest BCUT2D eigenvalue weighted by Gasteiger charge is 2.34. The van der Waals surface area contributed by atoms with Crippen LogP contribution in [0.25, 0.3) is 0 Å². The Bertz CT molecular complexity index is 439. The molecule has 1 aromatic rings. The highest BCUT2D eigenvalue weighted by molar-refractivity contribution is 7.11. The molecule has 0 amide bonds. The average molecular weight is 211 g/mol. The molecular weight excluding hydrogens is 198 g/mol. The highest BCUT2D eigenvalue weighted by Crippen LogP contribution is 2.35. The van der Waals surface area contributed by atoms with Crippen LogP contribution < -0.4 is 4.87 Å². The fourth-order valence-electron chi connectivity index (χ4n) is 1.75. The van der Waals surface area contributed by atoms with E-state index in [0.717, 1.165) is 17.1 Å². The van der Waals surface area contributed by atoms with Gasteiger partial charge in [-0.3, -0.25) is 4.79 Å². The maximum absolute atomic E-state index is 11.7. The number of carbonyl (C=O) groups excluding carboxylic acids is 1. The summed E-state index contributed by atoms with van der Waals surface area (Å²) < 4.78 is 5.49. The van der Waals surface area contributed by atoms with Crippen LogP contribution in [-0.2, 0) is 6.42 Å². The molecule has 0 N–H and O–H groups in total. The fourth-order valence-corrected chi connectivity index (χ4v) is 2.57. The topological polar surface area (TPSA) is 42.6 Å². The molecular formula is C10H13NO2S. The summed E-state index contributed by atoms with van der Waals surface area (Å²) in [6, 6.07) is 0. The Morgan fingerprint density at radius 3 is 2.79 bits per heavy atom. The zero-order valence-corrected chi connectivity index (χ0v) is 9.40. The maximum Gasteiger partial charge on any atom is 0.274 e. The van der Waals surface area contributed by atoms with Gasteiger partial charge in [0.1, 0.15) is 10.6 Å². The highest BCUT2D eigenvalue weighted by atomic mass is 32.1. The van der Waals surface area contributed by atoms with Crippen molar-refractivity contribution < 1.29 is 9.21 Å². The number of carbonyl (C=O) groups is 1. The average Bonchev–Trinajstić information content (AvgIpc) is 2.45. The predicted molar refractivity (Wildman–Crippen MR) is 54.5 cm³/mol. The standard InChI is InChI=1S/C10H13NO2S/c1-10(2)4-6(12)8-7(5-10)13-9(11-3)14-8/h4-5H2,1-3H3. The van der Waals surface area contributed by atoms with Crippen LogP contribution in [0.2, 0.25) is 0 Å². The van der Waals surface area contributed by atoms with Gasteiger partial charge in [0.2, 0.25) is 0 Å². The molecule has 3 nitrogen and oxygen atoms in total. The first-order valence-electron chi connectivity index (χ1n) is 4.61. The number of fused-ring (bicyclic) bond motifs is 1. The van der Waals surface area contributed by atoms with Crippen molar-refractivity contribution in [3.8, 4) is 0 Å². The summed E-state index contributed by atoms with van der Waals surface area (Å²) in [4.78, 5) is 17.1. The predicted octanol–water partition coefficient (Wildman–Crippen LogP) is 2.03. The number of hydrogen-bond acceptors (Lipinski definition) is 4. The lowest BCUT2D eigenvalue weighted by Crippen LogP contribution is -2.25. The molecule has 0 unspecified atom stereocenters. The molecule has 0 saturated heterocycles. The van der Waals surface area contributed by atoms with Crippen LogP contribution in [0.15, 0.2) is 9.41 Å². The van der Waals surface area contributed by atoms with Gasteiger partial charge in [0, 0.05) is 19.9 Å². The van der Waals surface area contributed by atoms with Crippen LogP contribution in [0.5, 0.6) is 0 Å². The zero-order chi connectivity index (χ0) is 10.3. The normalized spacial score (nSPS) is 21.1. The van der Waals surface area contributed by atoms with Crippen LogP contribution in [-0.4, -0.2) is 12.8 Å². The minimum Gasteiger partial charge on any atom is -0.434 e. The summed E-state index contributed by atoms with van der Waals surface area (Å²) in [6.45, 7) is 4.17. The van der Waals surface area contributed by atoms with Crippen LogP contribution in [0.1, 0.15) is 35.7 Å². The molecule has 1 aliphatic carbocycles. The Labute approximate surface area is 86.5 Å². The lowest BCUT2D eigenvalue weighted by Gasteiger charge is -2.26. The molecule has 0 radical (unpaired) electrons. The molecule has 0 saturated carbocycles. The Hall–Kier alpha value is -0.900. The molecule has 1 heterocycles. The van der Waals surface area contributed by atoms with E-state index in [4.69, 9.17) is 4.42 Å². The van der Waals surface area contributed by atoms with Gasteiger partial charge in [-0.15, -0.1) is 0 Å². The van der Waals surface area contributed by atoms with Gasteiger partial charge in [0.25, 0.3) is 4.87 Å². The van der Waals surface area contributed by atoms with Gasteiger partial charge in [-0.1, -0.05) is 25.2 Å². The van der Waals surface area contributed by atoms with Gasteiger partial charge in [-0.2, -0.15) is 0 Å². The smallest absolute Gasteiger partial charge is 0.274 e. The van der Waals surface area contributed by atoms with Gasteiger partial charge in [0.15, 0.2) is 5.78 Å². The Balaban J connectivity index is 2.54. The molecule has 76 valence electrons. The van der Waals surface area contributed by atoms with Crippen molar-refractivity contribution in [1.29, 1.82) is 0 Å². The van der Waals surface area contributed by atoms with Crippen molar-refractivity contribution in [3.63, 3.8) is 0 Å². The summed E-state index contributed by atoms with van der Waals surface area (Å²) in [6.07, 6.45) is 1.44. The van der Waals surface area contributed by atoms with Crippen LogP contribution in [0.4, 0.5) is 0 Å². The van der Waals surface area contributed by atoms with E-state index < -0.39 is 0 Å².